The van der Waals surface area contributed by atoms with E-state index in [0.717, 1.165) is 17.3 Å². The van der Waals surface area contributed by atoms with E-state index >= 15 is 0 Å². The summed E-state index contributed by atoms with van der Waals surface area (Å²) in [4.78, 5) is 4.25. The fourth-order valence-electron chi connectivity index (χ4n) is 2.34. The molecule has 0 aliphatic carbocycles. The Bertz CT molecular complexity index is 515. The molecule has 17 heavy (non-hydrogen) atoms. The van der Waals surface area contributed by atoms with E-state index in [4.69, 9.17) is 11.6 Å². The molecule has 1 N–H and O–H groups in total. The summed E-state index contributed by atoms with van der Waals surface area (Å²) in [5, 5.41) is 4.24. The predicted octanol–water partition coefficient (Wildman–Crippen LogP) is 2.95. The number of imidazole rings is 1. The molecule has 0 unspecified atom stereocenters. The number of nitrogens with one attached hydrogen (secondary N) is 1. The van der Waals surface area contributed by atoms with Crippen LogP contribution in [0.3, 0.4) is 0 Å². The van der Waals surface area contributed by atoms with Gasteiger partial charge in [0.05, 0.1) is 18.2 Å². The highest BCUT2D eigenvalue weighted by Gasteiger charge is 2.20. The molecule has 1 fully saturated rings. The van der Waals surface area contributed by atoms with E-state index in [-0.39, 0.29) is 0 Å². The van der Waals surface area contributed by atoms with Gasteiger partial charge in [0.15, 0.2) is 0 Å². The van der Waals surface area contributed by atoms with Crippen LogP contribution in [0.15, 0.2) is 36.8 Å². The van der Waals surface area contributed by atoms with Crippen LogP contribution in [0, 0.1) is 0 Å². The number of hydrogen-bond acceptors (Lipinski definition) is 2. The van der Waals surface area contributed by atoms with Gasteiger partial charge in [-0.15, -0.1) is 0 Å². The third-order valence-corrected chi connectivity index (χ3v) is 3.41. The zero-order valence-electron chi connectivity index (χ0n) is 9.44. The molecule has 0 radical (unpaired) electrons. The van der Waals surface area contributed by atoms with Crippen molar-refractivity contribution in [3.63, 3.8) is 0 Å². The molecule has 3 nitrogen and oxygen atoms in total. The molecule has 0 saturated carbocycles. The maximum Gasteiger partial charge on any atom is 0.0994 e. The minimum atomic E-state index is 0.413. The fraction of sp³-hybridized carbons (Fsp3) is 0.308. The maximum atomic E-state index is 6.02. The van der Waals surface area contributed by atoms with Crippen LogP contribution in [0.25, 0.3) is 5.69 Å². The molecule has 1 aromatic heterocycles. The SMILES string of the molecule is Clc1cccc(-n2cncc2[C@@H]2CCCN2)c1. The van der Waals surface area contributed by atoms with E-state index < -0.39 is 0 Å². The molecule has 0 bridgehead atoms. The lowest BCUT2D eigenvalue weighted by Crippen LogP contribution is -2.16. The second-order valence-electron chi connectivity index (χ2n) is 4.32. The summed E-state index contributed by atoms with van der Waals surface area (Å²) in [6, 6.07) is 8.27. The number of rotatable bonds is 2. The topological polar surface area (TPSA) is 29.9 Å². The third kappa shape index (κ3) is 2.08. The minimum Gasteiger partial charge on any atom is -0.309 e. The van der Waals surface area contributed by atoms with Gasteiger partial charge in [0.1, 0.15) is 0 Å². The van der Waals surface area contributed by atoms with E-state index in [2.05, 4.69) is 14.9 Å². The van der Waals surface area contributed by atoms with Gasteiger partial charge in [-0.25, -0.2) is 4.98 Å². The second kappa shape index (κ2) is 4.51. The van der Waals surface area contributed by atoms with Gasteiger partial charge in [-0.3, -0.25) is 0 Å². The molecule has 2 aromatic rings. The van der Waals surface area contributed by atoms with Crippen molar-refractivity contribution in [2.75, 3.05) is 6.54 Å². The Morgan fingerprint density at radius 3 is 3.12 bits per heavy atom. The van der Waals surface area contributed by atoms with Crippen molar-refractivity contribution in [2.24, 2.45) is 0 Å². The Morgan fingerprint density at radius 1 is 1.41 bits per heavy atom. The monoisotopic (exact) mass is 247 g/mol. The zero-order chi connectivity index (χ0) is 11.7. The highest BCUT2D eigenvalue weighted by atomic mass is 35.5. The van der Waals surface area contributed by atoms with Gasteiger partial charge < -0.3 is 9.88 Å². The first-order valence-corrected chi connectivity index (χ1v) is 6.24. The summed E-state index contributed by atoms with van der Waals surface area (Å²) in [5.74, 6) is 0. The second-order valence-corrected chi connectivity index (χ2v) is 4.75. The van der Waals surface area contributed by atoms with Crippen LogP contribution in [0.2, 0.25) is 5.02 Å². The average molecular weight is 248 g/mol. The van der Waals surface area contributed by atoms with Gasteiger partial charge in [0.25, 0.3) is 0 Å². The lowest BCUT2D eigenvalue weighted by atomic mass is 10.1. The zero-order valence-corrected chi connectivity index (χ0v) is 10.2. The largest absolute Gasteiger partial charge is 0.309 e. The van der Waals surface area contributed by atoms with Crippen molar-refractivity contribution >= 4 is 11.6 Å². The van der Waals surface area contributed by atoms with Crippen LogP contribution >= 0.6 is 11.6 Å². The standard InChI is InChI=1S/C13H14ClN3/c14-10-3-1-4-11(7-10)17-9-15-8-13(17)12-5-2-6-16-12/h1,3-4,7-9,12,16H,2,5-6H2/t12-/m0/s1. The van der Waals surface area contributed by atoms with Gasteiger partial charge in [-0.2, -0.15) is 0 Å². The summed E-state index contributed by atoms with van der Waals surface area (Å²) in [6.45, 7) is 1.09. The summed E-state index contributed by atoms with van der Waals surface area (Å²) in [7, 11) is 0. The van der Waals surface area contributed by atoms with E-state index in [1.807, 2.05) is 36.8 Å². The van der Waals surface area contributed by atoms with Crippen LogP contribution in [-0.2, 0) is 0 Å². The Morgan fingerprint density at radius 2 is 2.35 bits per heavy atom. The van der Waals surface area contributed by atoms with Gasteiger partial charge in [0, 0.05) is 16.8 Å². The van der Waals surface area contributed by atoms with E-state index in [9.17, 15) is 0 Å². The number of aromatic nitrogens is 2. The normalized spacial score (nSPS) is 19.7. The van der Waals surface area contributed by atoms with Crippen molar-refractivity contribution in [1.29, 1.82) is 0 Å². The van der Waals surface area contributed by atoms with Crippen LogP contribution < -0.4 is 5.32 Å². The Labute approximate surface area is 105 Å². The third-order valence-electron chi connectivity index (χ3n) is 3.17. The van der Waals surface area contributed by atoms with Crippen molar-refractivity contribution in [1.82, 2.24) is 14.9 Å². The molecule has 0 spiro atoms. The summed E-state index contributed by atoms with van der Waals surface area (Å²) in [5.41, 5.74) is 2.28. The fourth-order valence-corrected chi connectivity index (χ4v) is 2.53. The van der Waals surface area contributed by atoms with Crippen molar-refractivity contribution < 1.29 is 0 Å². The average Bonchev–Trinajstić information content (AvgIpc) is 3.00. The lowest BCUT2D eigenvalue weighted by Gasteiger charge is -2.14. The maximum absolute atomic E-state index is 6.02. The van der Waals surface area contributed by atoms with Crippen molar-refractivity contribution in [2.45, 2.75) is 18.9 Å². The Hall–Kier alpha value is -1.32. The number of hydrogen-bond donors (Lipinski definition) is 1. The van der Waals surface area contributed by atoms with Crippen LogP contribution in [-0.4, -0.2) is 16.1 Å². The quantitative estimate of drug-likeness (QED) is 0.884. The highest BCUT2D eigenvalue weighted by molar-refractivity contribution is 6.30. The molecule has 3 rings (SSSR count). The molecule has 1 atom stereocenters. The van der Waals surface area contributed by atoms with Gasteiger partial charge in [-0.05, 0) is 37.6 Å². The molecular formula is C13H14ClN3. The molecule has 0 amide bonds. The van der Waals surface area contributed by atoms with E-state index in [1.165, 1.54) is 18.5 Å². The molecule has 2 heterocycles. The molecule has 1 aliphatic rings. The molecule has 1 aromatic carbocycles. The van der Waals surface area contributed by atoms with Gasteiger partial charge >= 0.3 is 0 Å². The smallest absolute Gasteiger partial charge is 0.0994 e. The predicted molar refractivity (Wildman–Crippen MR) is 68.6 cm³/mol. The van der Waals surface area contributed by atoms with Crippen LogP contribution in [0.5, 0.6) is 0 Å². The van der Waals surface area contributed by atoms with Crippen molar-refractivity contribution in [3.8, 4) is 5.69 Å². The van der Waals surface area contributed by atoms with E-state index in [0.29, 0.717) is 6.04 Å². The number of halogens is 1. The number of nitrogens with zero attached hydrogens (tertiary/aromatic N) is 2. The van der Waals surface area contributed by atoms with Crippen molar-refractivity contribution in [3.05, 3.63) is 47.5 Å². The van der Waals surface area contributed by atoms with Gasteiger partial charge in [0.2, 0.25) is 0 Å². The molecule has 88 valence electrons. The lowest BCUT2D eigenvalue weighted by molar-refractivity contribution is 0.615. The summed E-state index contributed by atoms with van der Waals surface area (Å²) >= 11 is 6.02. The van der Waals surface area contributed by atoms with Crippen LogP contribution in [0.1, 0.15) is 24.6 Å². The minimum absolute atomic E-state index is 0.413. The van der Waals surface area contributed by atoms with E-state index in [1.54, 1.807) is 0 Å². The summed E-state index contributed by atoms with van der Waals surface area (Å²) in [6.07, 6.45) is 6.18. The Kier molecular flexibility index (Phi) is 2.87. The summed E-state index contributed by atoms with van der Waals surface area (Å²) < 4.78 is 2.11. The van der Waals surface area contributed by atoms with Crippen LogP contribution in [0.4, 0.5) is 0 Å². The highest BCUT2D eigenvalue weighted by Crippen LogP contribution is 2.25. The molecule has 1 aliphatic heterocycles. The first-order valence-electron chi connectivity index (χ1n) is 5.86. The molecule has 1 saturated heterocycles. The molecule has 4 heteroatoms. The molecular weight excluding hydrogens is 234 g/mol. The number of benzene rings is 1. The first kappa shape index (κ1) is 10.8. The Balaban J connectivity index is 2.00. The first-order chi connectivity index (χ1) is 8.34. The van der Waals surface area contributed by atoms with Gasteiger partial charge in [-0.1, -0.05) is 17.7 Å².